The number of para-hydroxylation sites is 1. The lowest BCUT2D eigenvalue weighted by Gasteiger charge is -2.34. The maximum absolute atomic E-state index is 6.20. The summed E-state index contributed by atoms with van der Waals surface area (Å²) in [5.74, 6) is 1.91. The molecule has 0 amide bonds. The van der Waals surface area contributed by atoms with Gasteiger partial charge in [-0.1, -0.05) is 44.1 Å². The molecule has 118 valence electrons. The third kappa shape index (κ3) is 2.86. The summed E-state index contributed by atoms with van der Waals surface area (Å²) in [4.78, 5) is 4.38. The van der Waals surface area contributed by atoms with Crippen molar-refractivity contribution in [2.75, 3.05) is 0 Å². The van der Waals surface area contributed by atoms with Gasteiger partial charge in [-0.3, -0.25) is 0 Å². The van der Waals surface area contributed by atoms with Crippen LogP contribution in [0.1, 0.15) is 57.3 Å². The van der Waals surface area contributed by atoms with Crippen LogP contribution in [-0.4, -0.2) is 10.1 Å². The number of hydrogen-bond acceptors (Lipinski definition) is 5. The van der Waals surface area contributed by atoms with Crippen molar-refractivity contribution in [3.63, 3.8) is 0 Å². The SMILES string of the molecule is CC(C)(C)c1ccccc1OCc1nc(C2(N)CCC2)no1. The van der Waals surface area contributed by atoms with Gasteiger partial charge in [-0.25, -0.2) is 0 Å². The first kappa shape index (κ1) is 15.0. The van der Waals surface area contributed by atoms with Crippen molar-refractivity contribution in [2.24, 2.45) is 5.73 Å². The summed E-state index contributed by atoms with van der Waals surface area (Å²) in [5, 5.41) is 4.00. The first-order chi connectivity index (χ1) is 10.4. The smallest absolute Gasteiger partial charge is 0.264 e. The Balaban J connectivity index is 1.71. The number of rotatable bonds is 4. The molecule has 1 aliphatic carbocycles. The second-order valence-corrected chi connectivity index (χ2v) is 7.06. The molecule has 0 bridgehead atoms. The van der Waals surface area contributed by atoms with Crippen LogP contribution in [0.2, 0.25) is 0 Å². The Morgan fingerprint density at radius 1 is 1.27 bits per heavy atom. The number of nitrogens with two attached hydrogens (primary N) is 1. The maximum atomic E-state index is 6.20. The molecule has 2 N–H and O–H groups in total. The third-order valence-corrected chi connectivity index (χ3v) is 4.21. The van der Waals surface area contributed by atoms with E-state index in [1.807, 2.05) is 18.2 Å². The van der Waals surface area contributed by atoms with Gasteiger partial charge in [0.25, 0.3) is 5.89 Å². The molecule has 5 nitrogen and oxygen atoms in total. The van der Waals surface area contributed by atoms with Crippen molar-refractivity contribution >= 4 is 0 Å². The standard InChI is InChI=1S/C17H23N3O2/c1-16(2,3)12-7-4-5-8-13(12)21-11-14-19-15(20-22-14)17(18)9-6-10-17/h4-5,7-8H,6,9-11,18H2,1-3H3. The van der Waals surface area contributed by atoms with Crippen molar-refractivity contribution in [1.29, 1.82) is 0 Å². The Bertz CT molecular complexity index is 654. The lowest BCUT2D eigenvalue weighted by Crippen LogP contribution is -2.44. The molecule has 0 saturated heterocycles. The van der Waals surface area contributed by atoms with E-state index in [2.05, 4.69) is 37.0 Å². The van der Waals surface area contributed by atoms with Crippen LogP contribution in [0.4, 0.5) is 0 Å². The molecule has 1 aromatic heterocycles. The molecule has 5 heteroatoms. The second kappa shape index (κ2) is 5.39. The number of nitrogens with zero attached hydrogens (tertiary/aromatic N) is 2. The minimum Gasteiger partial charge on any atom is -0.483 e. The summed E-state index contributed by atoms with van der Waals surface area (Å²) in [5.41, 5.74) is 6.98. The Hall–Kier alpha value is -1.88. The average molecular weight is 301 g/mol. The zero-order valence-corrected chi connectivity index (χ0v) is 13.4. The molecule has 22 heavy (non-hydrogen) atoms. The van der Waals surface area contributed by atoms with Crippen molar-refractivity contribution < 1.29 is 9.26 Å². The van der Waals surface area contributed by atoms with E-state index in [4.69, 9.17) is 15.0 Å². The highest BCUT2D eigenvalue weighted by Crippen LogP contribution is 2.37. The van der Waals surface area contributed by atoms with Gasteiger partial charge < -0.3 is 15.0 Å². The molecule has 1 saturated carbocycles. The quantitative estimate of drug-likeness (QED) is 0.938. The molecule has 1 aromatic carbocycles. The van der Waals surface area contributed by atoms with Crippen molar-refractivity contribution in [2.45, 2.75) is 57.6 Å². The number of hydrogen-bond donors (Lipinski definition) is 1. The molecule has 3 rings (SSSR count). The largest absolute Gasteiger partial charge is 0.483 e. The molecule has 0 atom stereocenters. The fourth-order valence-electron chi connectivity index (χ4n) is 2.65. The van der Waals surface area contributed by atoms with Gasteiger partial charge in [0, 0.05) is 0 Å². The van der Waals surface area contributed by atoms with Crippen molar-refractivity contribution in [3.8, 4) is 5.75 Å². The molecular formula is C17H23N3O2. The summed E-state index contributed by atoms with van der Waals surface area (Å²) in [6, 6.07) is 8.03. The Morgan fingerprint density at radius 3 is 2.64 bits per heavy atom. The van der Waals surface area contributed by atoms with Crippen LogP contribution in [0.25, 0.3) is 0 Å². The van der Waals surface area contributed by atoms with Crippen LogP contribution in [0.3, 0.4) is 0 Å². The van der Waals surface area contributed by atoms with E-state index in [1.54, 1.807) is 0 Å². The monoisotopic (exact) mass is 301 g/mol. The molecule has 0 aliphatic heterocycles. The molecule has 0 radical (unpaired) electrons. The van der Waals surface area contributed by atoms with Crippen molar-refractivity contribution in [1.82, 2.24) is 10.1 Å². The highest BCUT2D eigenvalue weighted by molar-refractivity contribution is 5.38. The topological polar surface area (TPSA) is 74.2 Å². The van der Waals surface area contributed by atoms with Gasteiger partial charge >= 0.3 is 0 Å². The van der Waals surface area contributed by atoms with Crippen LogP contribution in [0.5, 0.6) is 5.75 Å². The maximum Gasteiger partial charge on any atom is 0.264 e. The van der Waals surface area contributed by atoms with Crippen LogP contribution < -0.4 is 10.5 Å². The van der Waals surface area contributed by atoms with E-state index in [-0.39, 0.29) is 12.0 Å². The Labute approximate surface area is 130 Å². The van der Waals surface area contributed by atoms with E-state index < -0.39 is 5.54 Å². The summed E-state index contributed by atoms with van der Waals surface area (Å²) >= 11 is 0. The van der Waals surface area contributed by atoms with Gasteiger partial charge in [0.2, 0.25) is 0 Å². The zero-order valence-electron chi connectivity index (χ0n) is 13.4. The molecule has 0 spiro atoms. The molecule has 1 aliphatic rings. The number of aromatic nitrogens is 2. The average Bonchev–Trinajstić information content (AvgIpc) is 2.91. The zero-order chi connectivity index (χ0) is 15.8. The summed E-state index contributed by atoms with van der Waals surface area (Å²) in [7, 11) is 0. The molecule has 2 aromatic rings. The first-order valence-corrected chi connectivity index (χ1v) is 7.73. The number of benzene rings is 1. The van der Waals surface area contributed by atoms with Crippen LogP contribution >= 0.6 is 0 Å². The van der Waals surface area contributed by atoms with E-state index in [0.717, 1.165) is 30.6 Å². The van der Waals surface area contributed by atoms with Gasteiger partial charge in [0.1, 0.15) is 5.75 Å². The van der Waals surface area contributed by atoms with Gasteiger partial charge in [0.05, 0.1) is 5.54 Å². The minimum atomic E-state index is -0.398. The van der Waals surface area contributed by atoms with Gasteiger partial charge in [0.15, 0.2) is 12.4 Å². The number of ether oxygens (including phenoxy) is 1. The normalized spacial score (nSPS) is 17.1. The molecule has 1 fully saturated rings. The van der Waals surface area contributed by atoms with E-state index in [0.29, 0.717) is 11.7 Å². The predicted octanol–water partition coefficient (Wildman–Crippen LogP) is 3.28. The van der Waals surface area contributed by atoms with Gasteiger partial charge in [-0.15, -0.1) is 0 Å². The molecule has 0 unspecified atom stereocenters. The van der Waals surface area contributed by atoms with E-state index in [9.17, 15) is 0 Å². The Kier molecular flexibility index (Phi) is 3.68. The van der Waals surface area contributed by atoms with Crippen LogP contribution in [0, 0.1) is 0 Å². The van der Waals surface area contributed by atoms with Crippen molar-refractivity contribution in [3.05, 3.63) is 41.5 Å². The fourth-order valence-corrected chi connectivity index (χ4v) is 2.65. The van der Waals surface area contributed by atoms with E-state index >= 15 is 0 Å². The van der Waals surface area contributed by atoms with Crippen LogP contribution in [-0.2, 0) is 17.6 Å². The van der Waals surface area contributed by atoms with E-state index in [1.165, 1.54) is 0 Å². The molecule has 1 heterocycles. The Morgan fingerprint density at radius 2 is 2.00 bits per heavy atom. The predicted molar refractivity (Wildman–Crippen MR) is 83.5 cm³/mol. The summed E-state index contributed by atoms with van der Waals surface area (Å²) < 4.78 is 11.2. The highest BCUT2D eigenvalue weighted by Gasteiger charge is 2.39. The lowest BCUT2D eigenvalue weighted by molar-refractivity contribution is 0.222. The fraction of sp³-hybridized carbons (Fsp3) is 0.529. The summed E-state index contributed by atoms with van der Waals surface area (Å²) in [6.45, 7) is 6.74. The minimum absolute atomic E-state index is 0.0177. The lowest BCUT2D eigenvalue weighted by atomic mass is 9.77. The van der Waals surface area contributed by atoms with Gasteiger partial charge in [-0.05, 0) is 36.3 Å². The highest BCUT2D eigenvalue weighted by atomic mass is 16.5. The summed E-state index contributed by atoms with van der Waals surface area (Å²) in [6.07, 6.45) is 2.95. The van der Waals surface area contributed by atoms with Crippen LogP contribution in [0.15, 0.2) is 28.8 Å². The first-order valence-electron chi connectivity index (χ1n) is 7.73. The molecular weight excluding hydrogens is 278 g/mol. The second-order valence-electron chi connectivity index (χ2n) is 7.06. The van der Waals surface area contributed by atoms with Gasteiger partial charge in [-0.2, -0.15) is 4.98 Å². The third-order valence-electron chi connectivity index (χ3n) is 4.21.